The molecule has 0 unspecified atom stereocenters. The van der Waals surface area contributed by atoms with Crippen molar-refractivity contribution in [2.45, 2.75) is 19.9 Å². The van der Waals surface area contributed by atoms with Crippen LogP contribution in [0.25, 0.3) is 10.8 Å². The minimum atomic E-state index is 0.436. The zero-order chi connectivity index (χ0) is 21.4. The molecular formula is C25H27N5O. The van der Waals surface area contributed by atoms with Crippen LogP contribution in [0.15, 0.2) is 36.4 Å². The maximum atomic E-state index is 9.97. The molecule has 0 aliphatic carbocycles. The molecule has 31 heavy (non-hydrogen) atoms. The van der Waals surface area contributed by atoms with E-state index >= 15 is 0 Å². The molecule has 2 aliphatic rings. The van der Waals surface area contributed by atoms with Crippen LogP contribution in [0.3, 0.4) is 0 Å². The Morgan fingerprint density at radius 1 is 1.03 bits per heavy atom. The van der Waals surface area contributed by atoms with Crippen LogP contribution < -0.4 is 19.9 Å². The number of aryl methyl sites for hydroxylation is 1. The molecule has 3 heterocycles. The minimum Gasteiger partial charge on any atom is -0.480 e. The summed E-state index contributed by atoms with van der Waals surface area (Å²) in [7, 11) is 1.60. The van der Waals surface area contributed by atoms with E-state index in [-0.39, 0.29) is 0 Å². The second-order valence-corrected chi connectivity index (χ2v) is 8.25. The van der Waals surface area contributed by atoms with Gasteiger partial charge < -0.3 is 19.9 Å². The van der Waals surface area contributed by atoms with Crippen LogP contribution >= 0.6 is 0 Å². The summed E-state index contributed by atoms with van der Waals surface area (Å²) in [5.74, 6) is 1.42. The highest BCUT2D eigenvalue weighted by Gasteiger charge is 2.29. The molecule has 3 aromatic rings. The van der Waals surface area contributed by atoms with Gasteiger partial charge in [-0.2, -0.15) is 10.2 Å². The molecule has 5 rings (SSSR count). The van der Waals surface area contributed by atoms with Gasteiger partial charge in [-0.05, 0) is 30.4 Å². The van der Waals surface area contributed by atoms with E-state index in [0.29, 0.717) is 18.0 Å². The first kappa shape index (κ1) is 19.7. The zero-order valence-corrected chi connectivity index (χ0v) is 18.1. The van der Waals surface area contributed by atoms with E-state index in [1.165, 1.54) is 27.6 Å². The fraction of sp³-hybridized carbons (Fsp3) is 0.360. The van der Waals surface area contributed by atoms with Crippen LogP contribution in [0.5, 0.6) is 5.88 Å². The number of hydrogen-bond acceptors (Lipinski definition) is 6. The molecular weight excluding hydrogens is 386 g/mol. The minimum absolute atomic E-state index is 0.436. The Hall–Kier alpha value is -3.30. The normalized spacial score (nSPS) is 16.2. The number of ether oxygens (including phenoxy) is 1. The first-order valence-corrected chi connectivity index (χ1v) is 10.9. The standard InChI is InChI=1S/C25H27N5O/c1-17-5-3-6-18-7-4-8-22(23(17)18)30-12-9-19-21(16-30)20(15-26)25(31-2)28-24(19)29-13-10-27-11-14-29/h3-8,27H,9-14,16H2,1-2H3. The predicted octanol–water partition coefficient (Wildman–Crippen LogP) is 3.40. The zero-order valence-electron chi connectivity index (χ0n) is 18.1. The van der Waals surface area contributed by atoms with Gasteiger partial charge in [-0.3, -0.25) is 0 Å². The van der Waals surface area contributed by atoms with Crippen molar-refractivity contribution < 1.29 is 4.74 Å². The third kappa shape index (κ3) is 3.35. The highest BCUT2D eigenvalue weighted by atomic mass is 16.5. The summed E-state index contributed by atoms with van der Waals surface area (Å²) in [6.45, 7) is 7.48. The lowest BCUT2D eigenvalue weighted by atomic mass is 9.94. The van der Waals surface area contributed by atoms with Crippen molar-refractivity contribution in [3.05, 3.63) is 58.7 Å². The van der Waals surface area contributed by atoms with Crippen molar-refractivity contribution >= 4 is 22.3 Å². The number of hydrogen-bond donors (Lipinski definition) is 1. The van der Waals surface area contributed by atoms with Gasteiger partial charge in [-0.25, -0.2) is 0 Å². The molecule has 0 spiro atoms. The maximum Gasteiger partial charge on any atom is 0.233 e. The lowest BCUT2D eigenvalue weighted by molar-refractivity contribution is 0.394. The van der Waals surface area contributed by atoms with E-state index in [1.807, 2.05) is 0 Å². The first-order chi connectivity index (χ1) is 15.2. The number of pyridine rings is 1. The average Bonchev–Trinajstić information content (AvgIpc) is 2.83. The molecule has 1 fully saturated rings. The summed E-state index contributed by atoms with van der Waals surface area (Å²) >= 11 is 0. The van der Waals surface area contributed by atoms with Gasteiger partial charge in [0.1, 0.15) is 17.5 Å². The van der Waals surface area contributed by atoms with Crippen LogP contribution in [0.4, 0.5) is 11.5 Å². The number of benzene rings is 2. The number of nitrogens with zero attached hydrogens (tertiary/aromatic N) is 4. The summed E-state index contributed by atoms with van der Waals surface area (Å²) in [5, 5.41) is 15.9. The molecule has 0 atom stereocenters. The van der Waals surface area contributed by atoms with E-state index in [1.54, 1.807) is 7.11 Å². The summed E-state index contributed by atoms with van der Waals surface area (Å²) in [4.78, 5) is 9.53. The molecule has 1 saturated heterocycles. The molecule has 0 bridgehead atoms. The summed E-state index contributed by atoms with van der Waals surface area (Å²) in [6.07, 6.45) is 0.864. The fourth-order valence-corrected chi connectivity index (χ4v) is 4.96. The smallest absolute Gasteiger partial charge is 0.233 e. The molecule has 2 aliphatic heterocycles. The van der Waals surface area contributed by atoms with Crippen molar-refractivity contribution in [3.8, 4) is 11.9 Å². The Balaban J connectivity index is 1.62. The second-order valence-electron chi connectivity index (χ2n) is 8.25. The predicted molar refractivity (Wildman–Crippen MR) is 124 cm³/mol. The number of aromatic nitrogens is 1. The molecule has 158 valence electrons. The monoisotopic (exact) mass is 413 g/mol. The molecule has 1 N–H and O–H groups in total. The third-order valence-electron chi connectivity index (χ3n) is 6.49. The molecule has 6 nitrogen and oxygen atoms in total. The highest BCUT2D eigenvalue weighted by molar-refractivity contribution is 5.97. The van der Waals surface area contributed by atoms with Crippen molar-refractivity contribution in [1.29, 1.82) is 5.26 Å². The highest BCUT2D eigenvalue weighted by Crippen LogP contribution is 2.38. The molecule has 2 aromatic carbocycles. The van der Waals surface area contributed by atoms with Gasteiger partial charge in [0.05, 0.1) is 7.11 Å². The molecule has 1 aromatic heterocycles. The van der Waals surface area contributed by atoms with E-state index in [0.717, 1.165) is 50.5 Å². The molecule has 0 saturated carbocycles. The number of piperazine rings is 1. The van der Waals surface area contributed by atoms with Gasteiger partial charge >= 0.3 is 0 Å². The van der Waals surface area contributed by atoms with Gasteiger partial charge in [-0.15, -0.1) is 0 Å². The van der Waals surface area contributed by atoms with Crippen molar-refractivity contribution in [3.63, 3.8) is 0 Å². The molecule has 0 radical (unpaired) electrons. The number of methoxy groups -OCH3 is 1. The summed E-state index contributed by atoms with van der Waals surface area (Å²) in [5.41, 5.74) is 5.32. The largest absolute Gasteiger partial charge is 0.480 e. The Kier molecular flexibility index (Phi) is 5.13. The van der Waals surface area contributed by atoms with Gasteiger partial charge in [0, 0.05) is 61.5 Å². The molecule has 6 heteroatoms. The van der Waals surface area contributed by atoms with Gasteiger partial charge in [0.25, 0.3) is 0 Å². The van der Waals surface area contributed by atoms with Gasteiger partial charge in [0.15, 0.2) is 0 Å². The number of nitrogens with one attached hydrogen (secondary N) is 1. The Bertz CT molecular complexity index is 1170. The number of rotatable bonds is 3. The third-order valence-corrected chi connectivity index (χ3v) is 6.49. The first-order valence-electron chi connectivity index (χ1n) is 10.9. The van der Waals surface area contributed by atoms with E-state index in [2.05, 4.69) is 64.5 Å². The van der Waals surface area contributed by atoms with Gasteiger partial charge in [0.2, 0.25) is 5.88 Å². The van der Waals surface area contributed by atoms with Crippen molar-refractivity contribution in [2.75, 3.05) is 49.6 Å². The maximum absolute atomic E-state index is 9.97. The van der Waals surface area contributed by atoms with Crippen LogP contribution in [0.1, 0.15) is 22.3 Å². The lowest BCUT2D eigenvalue weighted by Crippen LogP contribution is -2.45. The topological polar surface area (TPSA) is 64.4 Å². The Labute approximate surface area is 183 Å². The van der Waals surface area contributed by atoms with Crippen molar-refractivity contribution in [2.24, 2.45) is 0 Å². The van der Waals surface area contributed by atoms with Crippen LogP contribution in [0, 0.1) is 18.3 Å². The van der Waals surface area contributed by atoms with Crippen molar-refractivity contribution in [1.82, 2.24) is 10.3 Å². The average molecular weight is 414 g/mol. The lowest BCUT2D eigenvalue weighted by Gasteiger charge is -2.36. The Morgan fingerprint density at radius 2 is 1.81 bits per heavy atom. The molecule has 0 amide bonds. The number of nitriles is 1. The second kappa shape index (κ2) is 8.09. The van der Waals surface area contributed by atoms with Gasteiger partial charge in [-0.1, -0.05) is 30.3 Å². The summed E-state index contributed by atoms with van der Waals surface area (Å²) in [6, 6.07) is 15.3. The van der Waals surface area contributed by atoms with Crippen LogP contribution in [-0.4, -0.2) is 44.8 Å². The SMILES string of the molecule is COc1nc(N2CCNCC2)c2c(c1C#N)CN(c1cccc3cccc(C)c13)CC2. The van der Waals surface area contributed by atoms with Crippen LogP contribution in [-0.2, 0) is 13.0 Å². The quantitative estimate of drug-likeness (QED) is 0.710. The van der Waals surface area contributed by atoms with Crippen LogP contribution in [0.2, 0.25) is 0 Å². The fourth-order valence-electron chi connectivity index (χ4n) is 4.96. The van der Waals surface area contributed by atoms with E-state index in [4.69, 9.17) is 9.72 Å². The van der Waals surface area contributed by atoms with E-state index in [9.17, 15) is 5.26 Å². The number of anilines is 2. The summed E-state index contributed by atoms with van der Waals surface area (Å²) < 4.78 is 5.57. The Morgan fingerprint density at radius 3 is 2.55 bits per heavy atom. The number of fused-ring (bicyclic) bond motifs is 2. The van der Waals surface area contributed by atoms with E-state index < -0.39 is 0 Å².